The number of nitrogens with one attached hydrogen (secondary N) is 1. The molecule has 4 rings (SSSR count). The Hall–Kier alpha value is -4.23. The number of rotatable bonds is 9. The quantitative estimate of drug-likeness (QED) is 0.443. The summed E-state index contributed by atoms with van der Waals surface area (Å²) in [6, 6.07) is 13.7. The fraction of sp³-hybridized carbons (Fsp3) is 0.320. The van der Waals surface area contributed by atoms with Crippen LogP contribution in [0.1, 0.15) is 34.3 Å². The smallest absolute Gasteiger partial charge is 0.327 e. The molecule has 0 radical (unpaired) electrons. The first-order chi connectivity index (χ1) is 16.9. The SMILES string of the molecule is N#CCn1c(=O)[nH]c2c(C(=O)c3ccccc3)ccc(CC(=O)N(CC(N)=O)CC3CCCO3)c21. The van der Waals surface area contributed by atoms with E-state index in [9.17, 15) is 24.4 Å². The predicted octanol–water partition coefficient (Wildman–Crippen LogP) is 1.12. The maximum absolute atomic E-state index is 13.2. The Morgan fingerprint density at radius 1 is 1.20 bits per heavy atom. The molecule has 0 spiro atoms. The van der Waals surface area contributed by atoms with Crippen LogP contribution in [0.5, 0.6) is 0 Å². The van der Waals surface area contributed by atoms with Crippen molar-refractivity contribution in [1.82, 2.24) is 14.5 Å². The maximum Gasteiger partial charge on any atom is 0.327 e. The van der Waals surface area contributed by atoms with Gasteiger partial charge in [-0.15, -0.1) is 0 Å². The lowest BCUT2D eigenvalue weighted by Gasteiger charge is -2.24. The molecular formula is C25H25N5O5. The average molecular weight is 476 g/mol. The van der Waals surface area contributed by atoms with E-state index in [0.717, 1.165) is 12.8 Å². The summed E-state index contributed by atoms with van der Waals surface area (Å²) in [7, 11) is 0. The molecule has 2 aromatic carbocycles. The number of ketones is 1. The standard InChI is InChI=1S/C25H25N5O5/c26-10-11-30-23-17(13-21(32)29(15-20(27)31)14-18-7-4-12-35-18)8-9-19(22(23)28-25(30)34)24(33)16-5-2-1-3-6-16/h1-3,5-6,8-9,18H,4,7,11-15H2,(H2,27,31)(H,28,34). The summed E-state index contributed by atoms with van der Waals surface area (Å²) in [5.41, 5.74) is 6.52. The van der Waals surface area contributed by atoms with Crippen LogP contribution in [0.4, 0.5) is 0 Å². The van der Waals surface area contributed by atoms with E-state index in [0.29, 0.717) is 23.3 Å². The van der Waals surface area contributed by atoms with Crippen molar-refractivity contribution >= 4 is 28.6 Å². The Bertz CT molecular complexity index is 1360. The van der Waals surface area contributed by atoms with E-state index in [-0.39, 0.29) is 54.9 Å². The molecule has 0 aliphatic carbocycles. The lowest BCUT2D eigenvalue weighted by atomic mass is 9.98. The van der Waals surface area contributed by atoms with Crippen molar-refractivity contribution < 1.29 is 19.1 Å². The summed E-state index contributed by atoms with van der Waals surface area (Å²) in [5, 5.41) is 9.27. The van der Waals surface area contributed by atoms with Crippen molar-refractivity contribution in [3.05, 3.63) is 69.6 Å². The molecule has 1 aliphatic heterocycles. The third-order valence-corrected chi connectivity index (χ3v) is 6.01. The third kappa shape index (κ3) is 5.15. The number of fused-ring (bicyclic) bond motifs is 1. The molecule has 1 saturated heterocycles. The van der Waals surface area contributed by atoms with Crippen LogP contribution in [0.2, 0.25) is 0 Å². The van der Waals surface area contributed by atoms with Crippen molar-refractivity contribution in [3.63, 3.8) is 0 Å². The lowest BCUT2D eigenvalue weighted by Crippen LogP contribution is -2.43. The molecule has 1 fully saturated rings. The molecule has 1 atom stereocenters. The van der Waals surface area contributed by atoms with Crippen LogP contribution in [0, 0.1) is 11.3 Å². The number of nitrogens with two attached hydrogens (primary N) is 1. The molecule has 180 valence electrons. The molecule has 35 heavy (non-hydrogen) atoms. The molecule has 10 heteroatoms. The topological polar surface area (TPSA) is 151 Å². The van der Waals surface area contributed by atoms with E-state index in [1.54, 1.807) is 42.5 Å². The van der Waals surface area contributed by atoms with Crippen molar-refractivity contribution in [3.8, 4) is 6.07 Å². The number of carbonyl (C=O) groups excluding carboxylic acids is 3. The van der Waals surface area contributed by atoms with Crippen molar-refractivity contribution in [2.45, 2.75) is 31.9 Å². The summed E-state index contributed by atoms with van der Waals surface area (Å²) >= 11 is 0. The molecule has 1 unspecified atom stereocenters. The monoisotopic (exact) mass is 475 g/mol. The number of nitriles is 1. The molecule has 10 nitrogen and oxygen atoms in total. The molecule has 2 amide bonds. The fourth-order valence-corrected chi connectivity index (χ4v) is 4.40. The minimum atomic E-state index is -0.645. The zero-order valence-electron chi connectivity index (χ0n) is 19.0. The third-order valence-electron chi connectivity index (χ3n) is 6.01. The van der Waals surface area contributed by atoms with Gasteiger partial charge in [-0.1, -0.05) is 36.4 Å². The normalized spacial score (nSPS) is 15.1. The van der Waals surface area contributed by atoms with Crippen molar-refractivity contribution in [2.24, 2.45) is 5.73 Å². The molecule has 2 heterocycles. The minimum absolute atomic E-state index is 0.154. The number of primary amides is 1. The highest BCUT2D eigenvalue weighted by Crippen LogP contribution is 2.24. The number of hydrogen-bond donors (Lipinski definition) is 2. The van der Waals surface area contributed by atoms with Gasteiger partial charge in [-0.3, -0.25) is 19.0 Å². The van der Waals surface area contributed by atoms with E-state index < -0.39 is 11.6 Å². The zero-order chi connectivity index (χ0) is 24.9. The number of hydrogen-bond acceptors (Lipinski definition) is 6. The average Bonchev–Trinajstić information content (AvgIpc) is 3.47. The molecule has 0 bridgehead atoms. The maximum atomic E-state index is 13.2. The van der Waals surface area contributed by atoms with E-state index in [4.69, 9.17) is 10.5 Å². The van der Waals surface area contributed by atoms with E-state index in [2.05, 4.69) is 4.98 Å². The number of aromatic amines is 1. The van der Waals surface area contributed by atoms with Gasteiger partial charge in [0.1, 0.15) is 6.54 Å². The first-order valence-corrected chi connectivity index (χ1v) is 11.3. The first-order valence-electron chi connectivity index (χ1n) is 11.3. The number of H-pyrrole nitrogens is 1. The van der Waals surface area contributed by atoms with Gasteiger partial charge in [-0.2, -0.15) is 5.26 Å². The Balaban J connectivity index is 1.73. The van der Waals surface area contributed by atoms with Crippen LogP contribution in [-0.2, 0) is 27.3 Å². The van der Waals surface area contributed by atoms with Crippen LogP contribution in [0.3, 0.4) is 0 Å². The minimum Gasteiger partial charge on any atom is -0.376 e. The fourth-order valence-electron chi connectivity index (χ4n) is 4.40. The van der Waals surface area contributed by atoms with Gasteiger partial charge in [0.05, 0.1) is 36.2 Å². The number of aromatic nitrogens is 2. The summed E-state index contributed by atoms with van der Waals surface area (Å²) in [5.74, 6) is -1.32. The molecule has 1 aromatic heterocycles. The largest absolute Gasteiger partial charge is 0.376 e. The second kappa shape index (κ2) is 10.4. The van der Waals surface area contributed by atoms with Crippen molar-refractivity contribution in [2.75, 3.05) is 19.7 Å². The number of imidazole rings is 1. The molecular weight excluding hydrogens is 450 g/mol. The molecule has 1 aliphatic rings. The summed E-state index contributed by atoms with van der Waals surface area (Å²) in [6.45, 7) is 0.312. The van der Waals surface area contributed by atoms with Gasteiger partial charge < -0.3 is 20.4 Å². The Morgan fingerprint density at radius 2 is 1.97 bits per heavy atom. The van der Waals surface area contributed by atoms with Gasteiger partial charge in [0.15, 0.2) is 5.78 Å². The molecule has 3 aromatic rings. The predicted molar refractivity (Wildman–Crippen MR) is 126 cm³/mol. The Kier molecular flexibility index (Phi) is 7.08. The van der Waals surface area contributed by atoms with Gasteiger partial charge in [0.2, 0.25) is 11.8 Å². The number of carbonyl (C=O) groups is 3. The van der Waals surface area contributed by atoms with E-state index in [1.807, 2.05) is 6.07 Å². The second-order valence-corrected chi connectivity index (χ2v) is 8.42. The van der Waals surface area contributed by atoms with Gasteiger partial charge >= 0.3 is 5.69 Å². The lowest BCUT2D eigenvalue weighted by molar-refractivity contribution is -0.136. The van der Waals surface area contributed by atoms with Crippen LogP contribution in [0.25, 0.3) is 11.0 Å². The summed E-state index contributed by atoms with van der Waals surface area (Å²) in [6.07, 6.45) is 1.33. The zero-order valence-corrected chi connectivity index (χ0v) is 19.0. The Morgan fingerprint density at radius 3 is 2.63 bits per heavy atom. The number of ether oxygens (including phenoxy) is 1. The van der Waals surface area contributed by atoms with Gasteiger partial charge in [0, 0.05) is 24.3 Å². The number of nitrogens with zero attached hydrogens (tertiary/aromatic N) is 3. The van der Waals surface area contributed by atoms with Crippen LogP contribution in [0.15, 0.2) is 47.3 Å². The summed E-state index contributed by atoms with van der Waals surface area (Å²) in [4.78, 5) is 54.7. The molecule has 3 N–H and O–H groups in total. The summed E-state index contributed by atoms with van der Waals surface area (Å²) < 4.78 is 6.81. The van der Waals surface area contributed by atoms with Crippen molar-refractivity contribution in [1.29, 1.82) is 5.26 Å². The highest BCUT2D eigenvalue weighted by molar-refractivity contribution is 6.15. The first kappa shape index (κ1) is 23.9. The van der Waals surface area contributed by atoms with Crippen LogP contribution < -0.4 is 11.4 Å². The molecule has 0 saturated carbocycles. The second-order valence-electron chi connectivity index (χ2n) is 8.42. The number of benzene rings is 2. The van der Waals surface area contributed by atoms with E-state index in [1.165, 1.54) is 9.47 Å². The highest BCUT2D eigenvalue weighted by Gasteiger charge is 2.26. The Labute approximate surface area is 200 Å². The number of amides is 2. The van der Waals surface area contributed by atoms with Gasteiger partial charge in [0.25, 0.3) is 0 Å². The highest BCUT2D eigenvalue weighted by atomic mass is 16.5. The van der Waals surface area contributed by atoms with Crippen LogP contribution in [-0.4, -0.2) is 57.8 Å². The van der Waals surface area contributed by atoms with Gasteiger partial charge in [-0.25, -0.2) is 4.79 Å². The van der Waals surface area contributed by atoms with Gasteiger partial charge in [-0.05, 0) is 24.5 Å². The van der Waals surface area contributed by atoms with Crippen LogP contribution >= 0.6 is 0 Å². The van der Waals surface area contributed by atoms with E-state index >= 15 is 0 Å².